The van der Waals surface area contributed by atoms with Gasteiger partial charge in [-0.15, -0.1) is 0 Å². The number of hydrogen-bond donors (Lipinski definition) is 1. The first kappa shape index (κ1) is 12.6. The van der Waals surface area contributed by atoms with E-state index in [0.717, 1.165) is 5.92 Å². The van der Waals surface area contributed by atoms with Crippen LogP contribution in [0.2, 0.25) is 0 Å². The highest BCUT2D eigenvalue weighted by atomic mass is 16.3. The van der Waals surface area contributed by atoms with Crippen LogP contribution in [0.4, 0.5) is 0 Å². The predicted octanol–water partition coefficient (Wildman–Crippen LogP) is 2.83. The molecule has 0 bridgehead atoms. The second-order valence-corrected chi connectivity index (χ2v) is 3.28. The van der Waals surface area contributed by atoms with Gasteiger partial charge in [0, 0.05) is 6.10 Å². The van der Waals surface area contributed by atoms with E-state index in [1.807, 2.05) is 0 Å². The molecule has 0 aliphatic carbocycles. The van der Waals surface area contributed by atoms with Gasteiger partial charge in [-0.1, -0.05) is 33.6 Å². The van der Waals surface area contributed by atoms with Crippen LogP contribution in [0.25, 0.3) is 0 Å². The summed E-state index contributed by atoms with van der Waals surface area (Å²) in [6.45, 7) is 10.2. The minimum atomic E-state index is -0.167. The molecule has 0 aromatic carbocycles. The van der Waals surface area contributed by atoms with Crippen molar-refractivity contribution in [1.82, 2.24) is 0 Å². The van der Waals surface area contributed by atoms with Crippen molar-refractivity contribution in [2.45, 2.75) is 53.6 Å². The second kappa shape index (κ2) is 8.96. The third-order valence-corrected chi connectivity index (χ3v) is 0.866. The van der Waals surface area contributed by atoms with Gasteiger partial charge in [-0.3, -0.25) is 0 Å². The number of rotatable bonds is 2. The van der Waals surface area contributed by atoms with E-state index < -0.39 is 0 Å². The van der Waals surface area contributed by atoms with Crippen molar-refractivity contribution in [3.8, 4) is 0 Å². The van der Waals surface area contributed by atoms with E-state index in [1.165, 1.54) is 12.8 Å². The molecule has 0 aromatic rings. The number of hydrogen-bond acceptors (Lipinski definition) is 1. The average Bonchev–Trinajstić information content (AvgIpc) is 1.62. The van der Waals surface area contributed by atoms with Gasteiger partial charge >= 0.3 is 0 Å². The maximum atomic E-state index is 8.06. The van der Waals surface area contributed by atoms with E-state index in [-0.39, 0.29) is 6.10 Å². The third kappa shape index (κ3) is 44.0. The summed E-state index contributed by atoms with van der Waals surface area (Å²) >= 11 is 0. The Balaban J connectivity index is 0. The minimum Gasteiger partial charge on any atom is -0.394 e. The quantitative estimate of drug-likeness (QED) is 0.635. The summed E-state index contributed by atoms with van der Waals surface area (Å²) in [6, 6.07) is 0. The van der Waals surface area contributed by atoms with Gasteiger partial charge in [-0.05, 0) is 19.8 Å². The summed E-state index contributed by atoms with van der Waals surface area (Å²) in [5.74, 6) is 0.898. The van der Waals surface area contributed by atoms with E-state index in [4.69, 9.17) is 5.11 Å². The molecule has 0 aromatic heterocycles. The summed E-state index contributed by atoms with van der Waals surface area (Å²) < 4.78 is 0. The highest BCUT2D eigenvalue weighted by Crippen LogP contribution is 2.00. The molecule has 0 atom stereocenters. The second-order valence-electron chi connectivity index (χ2n) is 3.28. The summed E-state index contributed by atoms with van der Waals surface area (Å²) in [4.78, 5) is 0. The summed E-state index contributed by atoms with van der Waals surface area (Å²) in [6.07, 6.45) is 2.54. The van der Waals surface area contributed by atoms with Crippen LogP contribution in [0.3, 0.4) is 0 Å². The number of aliphatic hydroxyl groups excluding tert-OH is 1. The fraction of sp³-hybridized carbons (Fsp3) is 1.00. The van der Waals surface area contributed by atoms with E-state index in [2.05, 4.69) is 20.8 Å². The Hall–Kier alpha value is -0.0400. The molecule has 1 heteroatoms. The third-order valence-electron chi connectivity index (χ3n) is 0.866. The molecule has 10 heavy (non-hydrogen) atoms. The van der Waals surface area contributed by atoms with E-state index >= 15 is 0 Å². The molecule has 0 saturated heterocycles. The summed E-state index contributed by atoms with van der Waals surface area (Å²) in [7, 11) is 0. The Morgan fingerprint density at radius 3 is 1.40 bits per heavy atom. The first-order chi connectivity index (χ1) is 4.50. The van der Waals surface area contributed by atoms with Gasteiger partial charge in [0.1, 0.15) is 0 Å². The van der Waals surface area contributed by atoms with Gasteiger partial charge in [-0.25, -0.2) is 0 Å². The Kier molecular flexibility index (Phi) is 11.3. The lowest BCUT2D eigenvalue weighted by molar-refractivity contribution is 0.216. The van der Waals surface area contributed by atoms with Gasteiger partial charge in [0.25, 0.3) is 0 Å². The zero-order chi connectivity index (χ0) is 8.57. The average molecular weight is 146 g/mol. The van der Waals surface area contributed by atoms with Crippen LogP contribution in [-0.4, -0.2) is 11.2 Å². The van der Waals surface area contributed by atoms with Crippen molar-refractivity contribution in [1.29, 1.82) is 0 Å². The van der Waals surface area contributed by atoms with Gasteiger partial charge in [0.2, 0.25) is 0 Å². The Morgan fingerprint density at radius 2 is 1.40 bits per heavy atom. The van der Waals surface area contributed by atoms with Crippen molar-refractivity contribution < 1.29 is 5.11 Å². The molecule has 0 saturated carbocycles. The fourth-order valence-corrected chi connectivity index (χ4v) is 0.577. The number of aliphatic hydroxyl groups is 1. The molecule has 0 amide bonds. The van der Waals surface area contributed by atoms with Crippen molar-refractivity contribution >= 4 is 0 Å². The lowest BCUT2D eigenvalue weighted by Gasteiger charge is -1.95. The standard InChI is InChI=1S/C6H14.C3H8O/c1-4-5-6(2)3;1-3(2)4/h6H,4-5H2,1-3H3;3-4H,1-2H3. The van der Waals surface area contributed by atoms with Crippen molar-refractivity contribution in [2.75, 3.05) is 0 Å². The van der Waals surface area contributed by atoms with Crippen LogP contribution in [-0.2, 0) is 0 Å². The summed E-state index contributed by atoms with van der Waals surface area (Å²) in [5, 5.41) is 8.06. The minimum absolute atomic E-state index is 0.167. The molecule has 0 heterocycles. The van der Waals surface area contributed by atoms with Crippen LogP contribution < -0.4 is 0 Å². The topological polar surface area (TPSA) is 20.2 Å². The van der Waals surface area contributed by atoms with Crippen LogP contribution in [0.1, 0.15) is 47.5 Å². The van der Waals surface area contributed by atoms with Crippen LogP contribution >= 0.6 is 0 Å². The molecular formula is C9H22O. The highest BCUT2D eigenvalue weighted by molar-refractivity contribution is 4.38. The maximum Gasteiger partial charge on any atom is 0.0483 e. The zero-order valence-electron chi connectivity index (χ0n) is 8.02. The largest absolute Gasteiger partial charge is 0.394 e. The van der Waals surface area contributed by atoms with Crippen molar-refractivity contribution in [3.05, 3.63) is 0 Å². The van der Waals surface area contributed by atoms with Gasteiger partial charge in [0.15, 0.2) is 0 Å². The zero-order valence-corrected chi connectivity index (χ0v) is 8.02. The molecule has 1 nitrogen and oxygen atoms in total. The van der Waals surface area contributed by atoms with Crippen molar-refractivity contribution in [3.63, 3.8) is 0 Å². The molecule has 64 valence electrons. The first-order valence-electron chi connectivity index (χ1n) is 4.18. The lowest BCUT2D eigenvalue weighted by atomic mass is 10.1. The van der Waals surface area contributed by atoms with E-state index in [1.54, 1.807) is 13.8 Å². The predicted molar refractivity (Wildman–Crippen MR) is 47.1 cm³/mol. The normalized spacial score (nSPS) is 9.60. The van der Waals surface area contributed by atoms with Gasteiger partial charge in [0.05, 0.1) is 0 Å². The SMILES string of the molecule is CC(C)O.CCCC(C)C. The molecule has 0 unspecified atom stereocenters. The Labute approximate surface area is 65.5 Å². The highest BCUT2D eigenvalue weighted by Gasteiger charge is 1.85. The fourth-order valence-electron chi connectivity index (χ4n) is 0.577. The molecular weight excluding hydrogens is 124 g/mol. The van der Waals surface area contributed by atoms with E-state index in [9.17, 15) is 0 Å². The van der Waals surface area contributed by atoms with Crippen LogP contribution in [0.5, 0.6) is 0 Å². The molecule has 0 rings (SSSR count). The molecule has 0 aliphatic heterocycles. The summed E-state index contributed by atoms with van der Waals surface area (Å²) in [5.41, 5.74) is 0. The lowest BCUT2D eigenvalue weighted by Crippen LogP contribution is -1.85. The monoisotopic (exact) mass is 146 g/mol. The van der Waals surface area contributed by atoms with Crippen LogP contribution in [0, 0.1) is 5.92 Å². The smallest absolute Gasteiger partial charge is 0.0483 e. The molecule has 0 radical (unpaired) electrons. The Morgan fingerprint density at radius 1 is 1.10 bits per heavy atom. The maximum absolute atomic E-state index is 8.06. The van der Waals surface area contributed by atoms with Gasteiger partial charge in [-0.2, -0.15) is 0 Å². The van der Waals surface area contributed by atoms with Gasteiger partial charge < -0.3 is 5.11 Å². The molecule has 0 aliphatic rings. The van der Waals surface area contributed by atoms with Crippen LogP contribution in [0.15, 0.2) is 0 Å². The Bertz CT molecular complexity index is 45.9. The molecule has 1 N–H and O–H groups in total. The molecule has 0 fully saturated rings. The van der Waals surface area contributed by atoms with Crippen molar-refractivity contribution in [2.24, 2.45) is 5.92 Å². The first-order valence-corrected chi connectivity index (χ1v) is 4.18. The van der Waals surface area contributed by atoms with E-state index in [0.29, 0.717) is 0 Å². The molecule has 0 spiro atoms.